The zero-order valence-corrected chi connectivity index (χ0v) is 21.7. The van der Waals surface area contributed by atoms with Gasteiger partial charge in [0, 0.05) is 18.7 Å². The Balaban J connectivity index is 1.77. The number of H-pyrrole nitrogens is 1. The van der Waals surface area contributed by atoms with E-state index in [1.165, 1.54) is 30.5 Å². The van der Waals surface area contributed by atoms with Gasteiger partial charge in [0.15, 0.2) is 0 Å². The summed E-state index contributed by atoms with van der Waals surface area (Å²) in [6.45, 7) is 0. The number of aromatic amines is 1. The molecule has 5 rings (SSSR count). The molecule has 204 valence electrons. The molecule has 0 saturated heterocycles. The van der Waals surface area contributed by atoms with Crippen molar-refractivity contribution in [3.63, 3.8) is 0 Å². The highest BCUT2D eigenvalue weighted by Crippen LogP contribution is 2.40. The van der Waals surface area contributed by atoms with E-state index in [1.54, 1.807) is 30.3 Å². The summed E-state index contributed by atoms with van der Waals surface area (Å²) < 4.78 is 56.3. The number of alkyl halides is 3. The van der Waals surface area contributed by atoms with E-state index >= 15 is 0 Å². The second-order valence-corrected chi connectivity index (χ2v) is 9.79. The monoisotopic (exact) mass is 589 g/mol. The third kappa shape index (κ3) is 5.43. The number of benzene rings is 3. The van der Waals surface area contributed by atoms with Crippen molar-refractivity contribution in [2.45, 2.75) is 18.1 Å². The first-order valence-electron chi connectivity index (χ1n) is 11.6. The van der Waals surface area contributed by atoms with Gasteiger partial charge in [-0.05, 0) is 47.5 Å². The quantitative estimate of drug-likeness (QED) is 0.114. The smallest absolute Gasteiger partial charge is 0.340 e. The van der Waals surface area contributed by atoms with Crippen LogP contribution in [-0.4, -0.2) is 19.9 Å². The van der Waals surface area contributed by atoms with Gasteiger partial charge in [-0.25, -0.2) is 9.37 Å². The number of imidazole rings is 1. The average molecular weight is 590 g/mol. The van der Waals surface area contributed by atoms with Crippen LogP contribution in [0, 0.1) is 15.9 Å². The standard InChI is InChI=1S/C27H17Cl2F4N5O2/c28-18-6-7-24(34-14-18)26(13-15-4-2-1-3-5-15,16-8-17(27(31,32)33)10-19(30)9-16)37-25-35-21-11-20(29)23(38(39)40)12-22(21)36-25/h1-12,14H,13H2,(H2,35,36,37). The second-order valence-electron chi connectivity index (χ2n) is 8.94. The number of nitro benzene ring substituents is 1. The van der Waals surface area contributed by atoms with Crippen LogP contribution in [0.2, 0.25) is 10.0 Å². The summed E-state index contributed by atoms with van der Waals surface area (Å²) in [5, 5.41) is 14.6. The maximum Gasteiger partial charge on any atom is 0.416 e. The Labute approximate surface area is 233 Å². The molecule has 0 spiro atoms. The number of pyridine rings is 1. The zero-order valence-electron chi connectivity index (χ0n) is 20.1. The SMILES string of the molecule is O=[N+]([O-])c1cc2[nH]c(NC(Cc3ccccc3)(c3cc(F)cc(C(F)(F)F)c3)c3ccc(Cl)cn3)nc2cc1Cl. The molecule has 2 aromatic heterocycles. The van der Waals surface area contributed by atoms with E-state index in [2.05, 4.69) is 20.3 Å². The van der Waals surface area contributed by atoms with Crippen molar-refractivity contribution in [1.29, 1.82) is 0 Å². The molecule has 5 aromatic rings. The summed E-state index contributed by atoms with van der Waals surface area (Å²) >= 11 is 12.1. The normalized spacial score (nSPS) is 13.2. The van der Waals surface area contributed by atoms with Gasteiger partial charge < -0.3 is 10.3 Å². The summed E-state index contributed by atoms with van der Waals surface area (Å²) in [5.74, 6) is -1.08. The Morgan fingerprint density at radius 1 is 0.975 bits per heavy atom. The Morgan fingerprint density at radius 3 is 2.35 bits per heavy atom. The largest absolute Gasteiger partial charge is 0.416 e. The first kappa shape index (κ1) is 27.4. The van der Waals surface area contributed by atoms with E-state index in [9.17, 15) is 27.7 Å². The molecule has 0 radical (unpaired) electrons. The van der Waals surface area contributed by atoms with Crippen LogP contribution in [0.15, 0.2) is 79.0 Å². The van der Waals surface area contributed by atoms with Gasteiger partial charge in [-0.1, -0.05) is 53.5 Å². The molecule has 1 atom stereocenters. The molecule has 2 N–H and O–H groups in total. The fraction of sp³-hybridized carbons (Fsp3) is 0.111. The number of nitrogens with one attached hydrogen (secondary N) is 2. The minimum atomic E-state index is -4.84. The minimum absolute atomic E-state index is 0.00116. The minimum Gasteiger partial charge on any atom is -0.340 e. The summed E-state index contributed by atoms with van der Waals surface area (Å²) in [5.41, 5.74) is -1.89. The number of anilines is 1. The fourth-order valence-electron chi connectivity index (χ4n) is 4.47. The summed E-state index contributed by atoms with van der Waals surface area (Å²) in [6.07, 6.45) is -3.51. The van der Waals surface area contributed by atoms with Crippen molar-refractivity contribution >= 4 is 45.9 Å². The third-order valence-electron chi connectivity index (χ3n) is 6.27. The Bertz CT molecular complexity index is 1710. The molecule has 7 nitrogen and oxygen atoms in total. The fourth-order valence-corrected chi connectivity index (χ4v) is 4.81. The van der Waals surface area contributed by atoms with Gasteiger partial charge in [0.2, 0.25) is 5.95 Å². The molecule has 0 saturated carbocycles. The van der Waals surface area contributed by atoms with Crippen molar-refractivity contribution in [2.24, 2.45) is 0 Å². The lowest BCUT2D eigenvalue weighted by molar-refractivity contribution is -0.384. The van der Waals surface area contributed by atoms with Crippen LogP contribution in [0.25, 0.3) is 11.0 Å². The lowest BCUT2D eigenvalue weighted by Gasteiger charge is -2.35. The Morgan fingerprint density at radius 2 is 1.70 bits per heavy atom. The van der Waals surface area contributed by atoms with Gasteiger partial charge in [-0.15, -0.1) is 0 Å². The molecule has 0 fully saturated rings. The van der Waals surface area contributed by atoms with Crippen molar-refractivity contribution in [1.82, 2.24) is 15.0 Å². The van der Waals surface area contributed by atoms with E-state index in [0.717, 1.165) is 12.1 Å². The van der Waals surface area contributed by atoms with Gasteiger partial charge in [-0.2, -0.15) is 13.2 Å². The lowest BCUT2D eigenvalue weighted by Crippen LogP contribution is -2.40. The first-order valence-corrected chi connectivity index (χ1v) is 12.4. The topological polar surface area (TPSA) is 96.7 Å². The molecule has 1 unspecified atom stereocenters. The molecule has 0 aliphatic rings. The summed E-state index contributed by atoms with van der Waals surface area (Å²) in [4.78, 5) is 22.4. The summed E-state index contributed by atoms with van der Waals surface area (Å²) in [6, 6.07) is 16.6. The predicted octanol–water partition coefficient (Wildman–Crippen LogP) is 7.93. The van der Waals surface area contributed by atoms with Gasteiger partial charge in [0.1, 0.15) is 16.4 Å². The average Bonchev–Trinajstić information content (AvgIpc) is 3.28. The molecule has 0 amide bonds. The number of nitro groups is 1. The molecule has 0 bridgehead atoms. The molecule has 0 aliphatic carbocycles. The highest BCUT2D eigenvalue weighted by atomic mass is 35.5. The van der Waals surface area contributed by atoms with E-state index < -0.39 is 28.0 Å². The number of aromatic nitrogens is 3. The summed E-state index contributed by atoms with van der Waals surface area (Å²) in [7, 11) is 0. The van der Waals surface area contributed by atoms with Crippen LogP contribution >= 0.6 is 23.2 Å². The first-order chi connectivity index (χ1) is 18.9. The van der Waals surface area contributed by atoms with Crippen molar-refractivity contribution in [3.8, 4) is 0 Å². The van der Waals surface area contributed by atoms with Crippen LogP contribution in [0.1, 0.15) is 22.4 Å². The lowest BCUT2D eigenvalue weighted by atomic mass is 9.80. The highest BCUT2D eigenvalue weighted by molar-refractivity contribution is 6.33. The van der Waals surface area contributed by atoms with Crippen LogP contribution in [0.4, 0.5) is 29.2 Å². The molecule has 13 heteroatoms. The predicted molar refractivity (Wildman–Crippen MR) is 143 cm³/mol. The number of rotatable bonds is 7. The van der Waals surface area contributed by atoms with Crippen molar-refractivity contribution in [3.05, 3.63) is 127 Å². The molecule has 3 aromatic carbocycles. The number of hydrogen-bond acceptors (Lipinski definition) is 5. The van der Waals surface area contributed by atoms with E-state index in [4.69, 9.17) is 23.2 Å². The number of halogens is 6. The molecular formula is C27H17Cl2F4N5O2. The van der Waals surface area contributed by atoms with Gasteiger partial charge >= 0.3 is 6.18 Å². The number of nitrogens with zero attached hydrogens (tertiary/aromatic N) is 3. The zero-order chi connectivity index (χ0) is 28.7. The van der Waals surface area contributed by atoms with Crippen LogP contribution in [-0.2, 0) is 18.1 Å². The maximum absolute atomic E-state index is 14.8. The van der Waals surface area contributed by atoms with E-state index in [1.807, 2.05) is 0 Å². The Kier molecular flexibility index (Phi) is 7.11. The molecule has 2 heterocycles. The van der Waals surface area contributed by atoms with Gasteiger partial charge in [0.25, 0.3) is 5.69 Å². The second kappa shape index (κ2) is 10.4. The highest BCUT2D eigenvalue weighted by Gasteiger charge is 2.40. The van der Waals surface area contributed by atoms with Crippen LogP contribution in [0.3, 0.4) is 0 Å². The third-order valence-corrected chi connectivity index (χ3v) is 6.80. The van der Waals surface area contributed by atoms with Gasteiger partial charge in [-0.3, -0.25) is 15.1 Å². The van der Waals surface area contributed by atoms with Crippen molar-refractivity contribution < 1.29 is 22.5 Å². The molecule has 40 heavy (non-hydrogen) atoms. The number of fused-ring (bicyclic) bond motifs is 1. The molecule has 0 aliphatic heterocycles. The molecular weight excluding hydrogens is 573 g/mol. The Hall–Kier alpha value is -4.22. The van der Waals surface area contributed by atoms with E-state index in [-0.39, 0.29) is 50.4 Å². The number of hydrogen-bond donors (Lipinski definition) is 2. The van der Waals surface area contributed by atoms with Gasteiger partial charge in [0.05, 0.1) is 32.2 Å². The van der Waals surface area contributed by atoms with E-state index in [0.29, 0.717) is 11.6 Å². The maximum atomic E-state index is 14.8. The van der Waals surface area contributed by atoms with Crippen LogP contribution in [0.5, 0.6) is 0 Å². The van der Waals surface area contributed by atoms with Crippen molar-refractivity contribution in [2.75, 3.05) is 5.32 Å². The van der Waals surface area contributed by atoms with Crippen LogP contribution < -0.4 is 5.32 Å².